The van der Waals surface area contributed by atoms with E-state index in [-0.39, 0.29) is 0 Å². The average Bonchev–Trinajstić information content (AvgIpc) is 3.73. The maximum Gasteiger partial charge on any atom is 0.135 e. The van der Waals surface area contributed by atoms with Gasteiger partial charge in [-0.3, -0.25) is 0 Å². The van der Waals surface area contributed by atoms with Gasteiger partial charge in [-0.15, -0.1) is 0 Å². The summed E-state index contributed by atoms with van der Waals surface area (Å²) >= 11 is 0. The predicted octanol–water partition coefficient (Wildman–Crippen LogP) is 17.7. The van der Waals surface area contributed by atoms with E-state index in [1.165, 1.54) is 104 Å². The Morgan fingerprint density at radius 1 is 0.206 bits per heavy atom. The Bertz CT molecular complexity index is 3900. The van der Waals surface area contributed by atoms with Crippen LogP contribution in [0.3, 0.4) is 0 Å². The standard InChI is InChI=1S/C62H38O/c1-2-18-40(19-3-1)60-50-27-10-12-29-52(50)61(53-30-13-11-28-51(53)60)62-55(42-33-34-59-56(36-42)49-26-14-15-32-58(49)63-59)37-43(38-57(62)47-31-16-21-39-17-4-6-22-44(39)47)54-35-41-20-5-7-23-45(41)46-24-8-9-25-48(46)54/h1-38H. The van der Waals surface area contributed by atoms with Crippen molar-refractivity contribution in [3.8, 4) is 55.6 Å². The first kappa shape index (κ1) is 35.5. The quantitative estimate of drug-likeness (QED) is 0.125. The zero-order chi connectivity index (χ0) is 41.4. The summed E-state index contributed by atoms with van der Waals surface area (Å²) in [4.78, 5) is 0. The molecule has 0 amide bonds. The van der Waals surface area contributed by atoms with Crippen molar-refractivity contribution in [3.63, 3.8) is 0 Å². The lowest BCUT2D eigenvalue weighted by Gasteiger charge is -2.24. The van der Waals surface area contributed by atoms with Gasteiger partial charge in [0.05, 0.1) is 0 Å². The Hall–Kier alpha value is -8.26. The Morgan fingerprint density at radius 3 is 1.49 bits per heavy atom. The van der Waals surface area contributed by atoms with Gasteiger partial charge in [0.2, 0.25) is 0 Å². The fourth-order valence-electron chi connectivity index (χ4n) is 10.5. The molecule has 0 unspecified atom stereocenters. The second-order valence-corrected chi connectivity index (χ2v) is 16.7. The van der Waals surface area contributed by atoms with Crippen molar-refractivity contribution in [2.24, 2.45) is 0 Å². The second-order valence-electron chi connectivity index (χ2n) is 16.7. The molecular formula is C62H38O. The zero-order valence-corrected chi connectivity index (χ0v) is 34.3. The lowest BCUT2D eigenvalue weighted by Crippen LogP contribution is -1.97. The number of hydrogen-bond donors (Lipinski definition) is 0. The first-order chi connectivity index (χ1) is 31.3. The number of benzene rings is 12. The summed E-state index contributed by atoms with van der Waals surface area (Å²) in [5, 5.41) is 14.5. The molecule has 0 saturated carbocycles. The molecule has 0 spiro atoms. The van der Waals surface area contributed by atoms with Crippen LogP contribution in [0.4, 0.5) is 0 Å². The molecule has 12 aromatic carbocycles. The van der Waals surface area contributed by atoms with Crippen LogP contribution in [0, 0.1) is 0 Å². The van der Waals surface area contributed by atoms with Crippen molar-refractivity contribution in [2.45, 2.75) is 0 Å². The topological polar surface area (TPSA) is 13.1 Å². The summed E-state index contributed by atoms with van der Waals surface area (Å²) in [6, 6.07) is 84.8. The van der Waals surface area contributed by atoms with E-state index in [2.05, 4.69) is 224 Å². The van der Waals surface area contributed by atoms with Crippen LogP contribution in [0.15, 0.2) is 235 Å². The Balaban J connectivity index is 1.25. The predicted molar refractivity (Wildman–Crippen MR) is 268 cm³/mol. The normalized spacial score (nSPS) is 11.8. The maximum atomic E-state index is 6.45. The van der Waals surface area contributed by atoms with E-state index < -0.39 is 0 Å². The number of fused-ring (bicyclic) bond motifs is 9. The lowest BCUT2D eigenvalue weighted by atomic mass is 9.78. The highest BCUT2D eigenvalue weighted by atomic mass is 16.3. The van der Waals surface area contributed by atoms with Crippen molar-refractivity contribution in [1.29, 1.82) is 0 Å². The van der Waals surface area contributed by atoms with Gasteiger partial charge in [-0.2, -0.15) is 0 Å². The van der Waals surface area contributed by atoms with E-state index in [0.717, 1.165) is 27.5 Å². The van der Waals surface area contributed by atoms with Crippen LogP contribution in [0.2, 0.25) is 0 Å². The SMILES string of the molecule is c1ccc(-c2c3ccccc3c(-c3c(-c4ccc5oc6ccccc6c5c4)cc(-c4cc5ccccc5c5ccccc45)cc3-c3cccc4ccccc34)c3ccccc23)cc1. The fourth-order valence-corrected chi connectivity index (χ4v) is 10.5. The lowest BCUT2D eigenvalue weighted by molar-refractivity contribution is 0.669. The summed E-state index contributed by atoms with van der Waals surface area (Å²) < 4.78 is 6.45. The summed E-state index contributed by atoms with van der Waals surface area (Å²) in [6.45, 7) is 0. The van der Waals surface area contributed by atoms with Crippen molar-refractivity contribution in [3.05, 3.63) is 231 Å². The number of furan rings is 1. The smallest absolute Gasteiger partial charge is 0.135 e. The van der Waals surface area contributed by atoms with Crippen molar-refractivity contribution in [1.82, 2.24) is 0 Å². The minimum absolute atomic E-state index is 0.885. The highest BCUT2D eigenvalue weighted by Crippen LogP contribution is 2.52. The van der Waals surface area contributed by atoms with Gasteiger partial charge in [-0.25, -0.2) is 0 Å². The van der Waals surface area contributed by atoms with Crippen LogP contribution in [-0.2, 0) is 0 Å². The van der Waals surface area contributed by atoms with E-state index in [1.807, 2.05) is 6.07 Å². The molecule has 1 nitrogen and oxygen atoms in total. The van der Waals surface area contributed by atoms with Gasteiger partial charge in [0.1, 0.15) is 11.2 Å². The minimum atomic E-state index is 0.885. The van der Waals surface area contributed by atoms with Crippen molar-refractivity contribution in [2.75, 3.05) is 0 Å². The first-order valence-electron chi connectivity index (χ1n) is 21.7. The fraction of sp³-hybridized carbons (Fsp3) is 0. The summed E-state index contributed by atoms with van der Waals surface area (Å²) in [5.74, 6) is 0. The van der Waals surface area contributed by atoms with Gasteiger partial charge in [0, 0.05) is 10.8 Å². The van der Waals surface area contributed by atoms with Crippen LogP contribution in [0.5, 0.6) is 0 Å². The Kier molecular flexibility index (Phi) is 7.98. The minimum Gasteiger partial charge on any atom is -0.456 e. The van der Waals surface area contributed by atoms with Gasteiger partial charge < -0.3 is 4.42 Å². The molecular weight excluding hydrogens is 761 g/mol. The van der Waals surface area contributed by atoms with Gasteiger partial charge in [0.25, 0.3) is 0 Å². The van der Waals surface area contributed by atoms with Gasteiger partial charge in [-0.1, -0.05) is 194 Å². The van der Waals surface area contributed by atoms with Gasteiger partial charge >= 0.3 is 0 Å². The third-order valence-corrected chi connectivity index (χ3v) is 13.2. The molecule has 1 heterocycles. The van der Waals surface area contributed by atoms with Crippen LogP contribution >= 0.6 is 0 Å². The van der Waals surface area contributed by atoms with E-state index in [1.54, 1.807) is 0 Å². The molecule has 0 aliphatic rings. The molecule has 1 heteroatoms. The van der Waals surface area contributed by atoms with E-state index >= 15 is 0 Å². The Labute approximate surface area is 364 Å². The molecule has 63 heavy (non-hydrogen) atoms. The summed E-state index contributed by atoms with van der Waals surface area (Å²) in [7, 11) is 0. The molecule has 13 rings (SSSR count). The monoisotopic (exact) mass is 798 g/mol. The van der Waals surface area contributed by atoms with E-state index in [9.17, 15) is 0 Å². The molecule has 0 aliphatic carbocycles. The number of para-hydroxylation sites is 1. The van der Waals surface area contributed by atoms with Crippen LogP contribution in [0.1, 0.15) is 0 Å². The maximum absolute atomic E-state index is 6.45. The summed E-state index contributed by atoms with van der Waals surface area (Å²) in [6.07, 6.45) is 0. The van der Waals surface area contributed by atoms with Crippen LogP contribution in [0.25, 0.3) is 131 Å². The molecule has 0 N–H and O–H groups in total. The molecule has 0 radical (unpaired) electrons. The number of rotatable bonds is 5. The van der Waals surface area contributed by atoms with Crippen molar-refractivity contribution < 1.29 is 4.42 Å². The number of hydrogen-bond acceptors (Lipinski definition) is 1. The third kappa shape index (κ3) is 5.57. The Morgan fingerprint density at radius 2 is 0.746 bits per heavy atom. The largest absolute Gasteiger partial charge is 0.456 e. The average molecular weight is 799 g/mol. The molecule has 0 bridgehead atoms. The molecule has 13 aromatic rings. The molecule has 0 fully saturated rings. The zero-order valence-electron chi connectivity index (χ0n) is 34.3. The van der Waals surface area contributed by atoms with Crippen LogP contribution < -0.4 is 0 Å². The van der Waals surface area contributed by atoms with E-state index in [4.69, 9.17) is 4.42 Å². The molecule has 1 aromatic heterocycles. The van der Waals surface area contributed by atoms with E-state index in [0.29, 0.717) is 0 Å². The van der Waals surface area contributed by atoms with Crippen LogP contribution in [-0.4, -0.2) is 0 Å². The molecule has 0 aliphatic heterocycles. The first-order valence-corrected chi connectivity index (χ1v) is 21.7. The molecule has 0 saturated heterocycles. The van der Waals surface area contributed by atoms with Gasteiger partial charge in [0.15, 0.2) is 0 Å². The highest BCUT2D eigenvalue weighted by molar-refractivity contribution is 6.25. The van der Waals surface area contributed by atoms with Crippen molar-refractivity contribution >= 4 is 75.8 Å². The van der Waals surface area contributed by atoms with Gasteiger partial charge in [-0.05, 0) is 146 Å². The second kappa shape index (κ2) is 14.2. The summed E-state index contributed by atoms with van der Waals surface area (Å²) in [5.41, 5.74) is 13.8. The molecule has 0 atom stereocenters. The highest BCUT2D eigenvalue weighted by Gasteiger charge is 2.25. The molecule has 292 valence electrons. The third-order valence-electron chi connectivity index (χ3n) is 13.2.